The highest BCUT2D eigenvalue weighted by Crippen LogP contribution is 2.13. The second-order valence-electron chi connectivity index (χ2n) is 6.02. The van der Waals surface area contributed by atoms with E-state index >= 15 is 0 Å². The van der Waals surface area contributed by atoms with Gasteiger partial charge >= 0.3 is 0 Å². The van der Waals surface area contributed by atoms with E-state index in [1.807, 2.05) is 6.07 Å². The number of rotatable bonds is 4. The molecule has 0 bridgehead atoms. The second kappa shape index (κ2) is 7.27. The first-order valence-electron chi connectivity index (χ1n) is 7.96. The Morgan fingerprint density at radius 3 is 2.33 bits per heavy atom. The first-order chi connectivity index (χ1) is 11.5. The molecule has 0 radical (unpaired) electrons. The van der Waals surface area contributed by atoms with Crippen molar-refractivity contribution >= 4 is 29.3 Å². The van der Waals surface area contributed by atoms with Gasteiger partial charge in [0.2, 0.25) is 17.7 Å². The minimum absolute atomic E-state index is 0.126. The van der Waals surface area contributed by atoms with E-state index < -0.39 is 0 Å². The number of carbonyl (C=O) groups is 3. The van der Waals surface area contributed by atoms with E-state index in [-0.39, 0.29) is 37.1 Å². The Morgan fingerprint density at radius 1 is 1.08 bits per heavy atom. The molecular weight excluding hydrogens is 332 g/mol. The summed E-state index contributed by atoms with van der Waals surface area (Å²) < 4.78 is 0. The average Bonchev–Trinajstić information content (AvgIpc) is 2.89. The van der Waals surface area contributed by atoms with Gasteiger partial charge in [-0.15, -0.1) is 0 Å². The van der Waals surface area contributed by atoms with Crippen LogP contribution in [0.15, 0.2) is 18.3 Å². The molecule has 2 aliphatic heterocycles. The number of halogens is 1. The van der Waals surface area contributed by atoms with Crippen LogP contribution in [0.5, 0.6) is 0 Å². The molecule has 3 amide bonds. The van der Waals surface area contributed by atoms with Gasteiger partial charge in [0, 0.05) is 51.8 Å². The van der Waals surface area contributed by atoms with Crippen molar-refractivity contribution in [1.29, 1.82) is 0 Å². The summed E-state index contributed by atoms with van der Waals surface area (Å²) in [6, 6.07) is 3.71. The fourth-order valence-electron chi connectivity index (χ4n) is 2.95. The molecule has 0 aliphatic carbocycles. The number of imide groups is 1. The molecule has 0 unspecified atom stereocenters. The topological polar surface area (TPSA) is 73.8 Å². The van der Waals surface area contributed by atoms with Crippen LogP contribution in [0.3, 0.4) is 0 Å². The summed E-state index contributed by atoms with van der Waals surface area (Å²) in [4.78, 5) is 44.6. The number of likely N-dealkylation sites (tertiary alicyclic amines) is 1. The average molecular weight is 351 g/mol. The number of hydrogen-bond donors (Lipinski definition) is 0. The SMILES string of the molecule is O=C(CN1C(=O)CCC1=O)N1CCN(Cc2ccc(Cl)nc2)CC1. The summed E-state index contributed by atoms with van der Waals surface area (Å²) in [5.41, 5.74) is 1.08. The molecule has 8 heteroatoms. The summed E-state index contributed by atoms with van der Waals surface area (Å²) in [5.74, 6) is -0.657. The van der Waals surface area contributed by atoms with E-state index in [0.29, 0.717) is 18.2 Å². The summed E-state index contributed by atoms with van der Waals surface area (Å²) in [7, 11) is 0. The minimum Gasteiger partial charge on any atom is -0.339 e. The Balaban J connectivity index is 1.47. The predicted octanol–water partition coefficient (Wildman–Crippen LogP) is 0.528. The Morgan fingerprint density at radius 2 is 1.75 bits per heavy atom. The van der Waals surface area contributed by atoms with Gasteiger partial charge in [-0.05, 0) is 11.6 Å². The zero-order valence-electron chi connectivity index (χ0n) is 13.3. The van der Waals surface area contributed by atoms with E-state index in [1.165, 1.54) is 0 Å². The van der Waals surface area contributed by atoms with Crippen LogP contribution in [-0.2, 0) is 20.9 Å². The third-order valence-corrected chi connectivity index (χ3v) is 4.59. The van der Waals surface area contributed by atoms with Crippen LogP contribution < -0.4 is 0 Å². The molecule has 1 aromatic rings. The molecule has 2 aliphatic rings. The monoisotopic (exact) mass is 350 g/mol. The standard InChI is InChI=1S/C16H19ClN4O3/c17-13-2-1-12(9-18-13)10-19-5-7-20(8-6-19)16(24)11-21-14(22)3-4-15(21)23/h1-2,9H,3-8,10-11H2. The minimum atomic E-state index is -0.248. The van der Waals surface area contributed by atoms with Crippen LogP contribution in [0.4, 0.5) is 0 Å². The van der Waals surface area contributed by atoms with Crippen molar-refractivity contribution in [3.8, 4) is 0 Å². The maximum Gasteiger partial charge on any atom is 0.242 e. The molecule has 2 fully saturated rings. The molecule has 3 rings (SSSR count). The predicted molar refractivity (Wildman–Crippen MR) is 87.1 cm³/mol. The zero-order chi connectivity index (χ0) is 17.1. The fraction of sp³-hybridized carbons (Fsp3) is 0.500. The van der Waals surface area contributed by atoms with Crippen molar-refractivity contribution in [3.05, 3.63) is 29.0 Å². The van der Waals surface area contributed by atoms with Gasteiger partial charge in [0.15, 0.2) is 0 Å². The van der Waals surface area contributed by atoms with Crippen molar-refractivity contribution in [1.82, 2.24) is 19.7 Å². The van der Waals surface area contributed by atoms with Crippen molar-refractivity contribution in [2.24, 2.45) is 0 Å². The molecule has 2 saturated heterocycles. The molecule has 0 atom stereocenters. The summed E-state index contributed by atoms with van der Waals surface area (Å²) in [6.07, 6.45) is 2.19. The Kier molecular flexibility index (Phi) is 5.11. The molecule has 24 heavy (non-hydrogen) atoms. The van der Waals surface area contributed by atoms with Gasteiger partial charge in [0.25, 0.3) is 0 Å². The fourth-order valence-corrected chi connectivity index (χ4v) is 3.06. The first kappa shape index (κ1) is 16.9. The van der Waals surface area contributed by atoms with Gasteiger partial charge in [0.05, 0.1) is 0 Å². The van der Waals surface area contributed by atoms with Crippen LogP contribution in [-0.4, -0.2) is 70.1 Å². The summed E-state index contributed by atoms with van der Waals surface area (Å²) in [5, 5.41) is 0.472. The molecule has 7 nitrogen and oxygen atoms in total. The second-order valence-corrected chi connectivity index (χ2v) is 6.41. The third kappa shape index (κ3) is 3.91. The third-order valence-electron chi connectivity index (χ3n) is 4.37. The van der Waals surface area contributed by atoms with Crippen molar-refractivity contribution in [3.63, 3.8) is 0 Å². The largest absolute Gasteiger partial charge is 0.339 e. The number of hydrogen-bond acceptors (Lipinski definition) is 5. The van der Waals surface area contributed by atoms with Crippen LogP contribution >= 0.6 is 11.6 Å². The lowest BCUT2D eigenvalue weighted by molar-refractivity contribution is -0.146. The quantitative estimate of drug-likeness (QED) is 0.585. The lowest BCUT2D eigenvalue weighted by Gasteiger charge is -2.35. The van der Waals surface area contributed by atoms with Crippen LogP contribution in [0, 0.1) is 0 Å². The lowest BCUT2D eigenvalue weighted by Crippen LogP contribution is -2.51. The van der Waals surface area contributed by atoms with E-state index in [9.17, 15) is 14.4 Å². The maximum absolute atomic E-state index is 12.3. The Hall–Kier alpha value is -1.99. The van der Waals surface area contributed by atoms with Gasteiger partial charge in [-0.2, -0.15) is 0 Å². The summed E-state index contributed by atoms with van der Waals surface area (Å²) in [6.45, 7) is 3.31. The maximum atomic E-state index is 12.3. The highest BCUT2D eigenvalue weighted by molar-refractivity contribution is 6.29. The highest BCUT2D eigenvalue weighted by Gasteiger charge is 2.32. The van der Waals surface area contributed by atoms with E-state index in [4.69, 9.17) is 11.6 Å². The van der Waals surface area contributed by atoms with E-state index in [0.717, 1.165) is 30.1 Å². The number of amides is 3. The molecule has 0 aromatic carbocycles. The van der Waals surface area contributed by atoms with Crippen molar-refractivity contribution in [2.75, 3.05) is 32.7 Å². The Bertz CT molecular complexity index is 625. The molecular formula is C16H19ClN4O3. The van der Waals surface area contributed by atoms with Gasteiger partial charge in [-0.3, -0.25) is 24.2 Å². The van der Waals surface area contributed by atoms with Gasteiger partial charge < -0.3 is 4.90 Å². The zero-order valence-corrected chi connectivity index (χ0v) is 14.0. The molecule has 0 saturated carbocycles. The molecule has 0 N–H and O–H groups in total. The number of pyridine rings is 1. The molecule has 128 valence electrons. The van der Waals surface area contributed by atoms with Crippen molar-refractivity contribution in [2.45, 2.75) is 19.4 Å². The number of piperazine rings is 1. The van der Waals surface area contributed by atoms with E-state index in [2.05, 4.69) is 9.88 Å². The summed E-state index contributed by atoms with van der Waals surface area (Å²) >= 11 is 5.78. The normalized spacial score (nSPS) is 19.2. The van der Waals surface area contributed by atoms with Gasteiger partial charge in [-0.1, -0.05) is 17.7 Å². The van der Waals surface area contributed by atoms with Crippen molar-refractivity contribution < 1.29 is 14.4 Å². The smallest absolute Gasteiger partial charge is 0.242 e. The first-order valence-corrected chi connectivity index (χ1v) is 8.34. The van der Waals surface area contributed by atoms with Gasteiger partial charge in [-0.25, -0.2) is 4.98 Å². The highest BCUT2D eigenvalue weighted by atomic mass is 35.5. The van der Waals surface area contributed by atoms with Crippen LogP contribution in [0.25, 0.3) is 0 Å². The molecule has 0 spiro atoms. The number of nitrogens with zero attached hydrogens (tertiary/aromatic N) is 4. The van der Waals surface area contributed by atoms with E-state index in [1.54, 1.807) is 17.2 Å². The Labute approximate surface area is 145 Å². The van der Waals surface area contributed by atoms with Gasteiger partial charge in [0.1, 0.15) is 11.7 Å². The lowest BCUT2D eigenvalue weighted by atomic mass is 10.2. The van der Waals surface area contributed by atoms with Crippen LogP contribution in [0.1, 0.15) is 18.4 Å². The van der Waals surface area contributed by atoms with Crippen LogP contribution in [0.2, 0.25) is 5.15 Å². The molecule has 3 heterocycles. The number of carbonyl (C=O) groups excluding carboxylic acids is 3. The number of aromatic nitrogens is 1. The molecule has 1 aromatic heterocycles.